The fourth-order valence-corrected chi connectivity index (χ4v) is 0.569. The van der Waals surface area contributed by atoms with Gasteiger partial charge in [-0.2, -0.15) is 5.26 Å². The van der Waals surface area contributed by atoms with Gasteiger partial charge >= 0.3 is 0 Å². The van der Waals surface area contributed by atoms with Gasteiger partial charge in [0.1, 0.15) is 6.42 Å². The lowest BCUT2D eigenvalue weighted by molar-refractivity contribution is -0.125. The molecule has 0 fully saturated rings. The fraction of sp³-hybridized carbons (Fsp3) is 0.500. The Bertz CT molecular complexity index is 208. The van der Waals surface area contributed by atoms with Crippen molar-refractivity contribution in [3.8, 4) is 6.07 Å². The minimum atomic E-state index is -0.299. The molecular formula is C6H9N3OS. The van der Waals surface area contributed by atoms with Gasteiger partial charge < -0.3 is 5.32 Å². The second-order valence-corrected chi connectivity index (χ2v) is 2.23. The van der Waals surface area contributed by atoms with Crippen LogP contribution in [0.2, 0.25) is 0 Å². The standard InChI is InChI=1S/C6H9N3OS/c1-8-6(11)9(2)5(10)3-4-7/h3H2,1-2H3,(H,8,11). The SMILES string of the molecule is CNC(=S)N(C)C(=O)CC#N. The maximum Gasteiger partial charge on any atom is 0.242 e. The van der Waals surface area contributed by atoms with Crippen LogP contribution in [-0.2, 0) is 4.79 Å². The van der Waals surface area contributed by atoms with Gasteiger partial charge in [-0.15, -0.1) is 0 Å². The van der Waals surface area contributed by atoms with Crippen molar-refractivity contribution in [2.45, 2.75) is 6.42 Å². The van der Waals surface area contributed by atoms with E-state index in [0.29, 0.717) is 5.11 Å². The minimum Gasteiger partial charge on any atom is -0.365 e. The van der Waals surface area contributed by atoms with Crippen molar-refractivity contribution in [1.82, 2.24) is 10.2 Å². The van der Waals surface area contributed by atoms with Gasteiger partial charge in [0.25, 0.3) is 0 Å². The Balaban J connectivity index is 4.04. The summed E-state index contributed by atoms with van der Waals surface area (Å²) in [5.74, 6) is -0.299. The molecule has 0 spiro atoms. The number of carbonyl (C=O) groups excluding carboxylic acids is 1. The summed E-state index contributed by atoms with van der Waals surface area (Å²) in [5.41, 5.74) is 0. The van der Waals surface area contributed by atoms with Gasteiger partial charge in [0.2, 0.25) is 5.91 Å². The first kappa shape index (κ1) is 9.85. The Morgan fingerprint density at radius 3 is 2.73 bits per heavy atom. The van der Waals surface area contributed by atoms with Gasteiger partial charge in [-0.25, -0.2) is 0 Å². The Morgan fingerprint density at radius 1 is 1.82 bits per heavy atom. The molecule has 0 radical (unpaired) electrons. The van der Waals surface area contributed by atoms with E-state index in [-0.39, 0.29) is 12.3 Å². The first-order valence-electron chi connectivity index (χ1n) is 2.98. The zero-order chi connectivity index (χ0) is 8.85. The average molecular weight is 171 g/mol. The highest BCUT2D eigenvalue weighted by molar-refractivity contribution is 7.80. The van der Waals surface area contributed by atoms with Crippen LogP contribution in [0.15, 0.2) is 0 Å². The summed E-state index contributed by atoms with van der Waals surface area (Å²) in [6, 6.07) is 1.75. The molecule has 0 saturated heterocycles. The predicted molar refractivity (Wildman–Crippen MR) is 44.7 cm³/mol. The first-order valence-corrected chi connectivity index (χ1v) is 3.39. The van der Waals surface area contributed by atoms with Crippen LogP contribution in [0.1, 0.15) is 6.42 Å². The molecule has 0 aliphatic carbocycles. The molecule has 0 heterocycles. The van der Waals surface area contributed by atoms with Gasteiger partial charge in [0.05, 0.1) is 6.07 Å². The Labute approximate surface area is 70.8 Å². The minimum absolute atomic E-state index is 0.141. The Hall–Kier alpha value is -1.15. The Morgan fingerprint density at radius 2 is 2.36 bits per heavy atom. The smallest absolute Gasteiger partial charge is 0.242 e. The van der Waals surface area contributed by atoms with Gasteiger partial charge in [-0.3, -0.25) is 9.69 Å². The maximum atomic E-state index is 10.9. The third-order valence-electron chi connectivity index (χ3n) is 1.12. The van der Waals surface area contributed by atoms with E-state index < -0.39 is 0 Å². The summed E-state index contributed by atoms with van der Waals surface area (Å²) in [5, 5.41) is 11.1. The van der Waals surface area contributed by atoms with Crippen LogP contribution in [0.3, 0.4) is 0 Å². The summed E-state index contributed by atoms with van der Waals surface area (Å²) in [6.45, 7) is 0. The van der Waals surface area contributed by atoms with Crippen molar-refractivity contribution in [3.05, 3.63) is 0 Å². The van der Waals surface area contributed by atoms with Crippen LogP contribution < -0.4 is 5.32 Å². The van der Waals surface area contributed by atoms with E-state index in [2.05, 4.69) is 5.32 Å². The van der Waals surface area contributed by atoms with Crippen molar-refractivity contribution >= 4 is 23.2 Å². The molecule has 0 aliphatic heterocycles. The fourth-order valence-electron chi connectivity index (χ4n) is 0.467. The van der Waals surface area contributed by atoms with E-state index in [1.165, 1.54) is 11.9 Å². The van der Waals surface area contributed by atoms with E-state index in [9.17, 15) is 4.79 Å². The van der Waals surface area contributed by atoms with Crippen molar-refractivity contribution in [2.75, 3.05) is 14.1 Å². The van der Waals surface area contributed by atoms with Crippen LogP contribution in [0.4, 0.5) is 0 Å². The summed E-state index contributed by atoms with van der Waals surface area (Å²) in [7, 11) is 3.15. The maximum absolute atomic E-state index is 10.9. The molecule has 5 heteroatoms. The first-order chi connectivity index (χ1) is 5.13. The molecule has 0 aromatic heterocycles. The topological polar surface area (TPSA) is 56.1 Å². The summed E-state index contributed by atoms with van der Waals surface area (Å²) in [6.07, 6.45) is -0.141. The molecule has 60 valence electrons. The summed E-state index contributed by atoms with van der Waals surface area (Å²) in [4.78, 5) is 12.2. The highest BCUT2D eigenvalue weighted by Gasteiger charge is 2.10. The number of nitriles is 1. The van der Waals surface area contributed by atoms with Crippen molar-refractivity contribution < 1.29 is 4.79 Å². The number of rotatable bonds is 1. The predicted octanol–water partition coefficient (Wildman–Crippen LogP) is -0.137. The third kappa shape index (κ3) is 2.96. The van der Waals surface area contributed by atoms with Gasteiger partial charge in [-0.1, -0.05) is 0 Å². The van der Waals surface area contributed by atoms with Gasteiger partial charge in [-0.05, 0) is 12.2 Å². The van der Waals surface area contributed by atoms with Gasteiger partial charge in [0.15, 0.2) is 5.11 Å². The molecule has 1 amide bonds. The Kier molecular flexibility index (Phi) is 4.15. The number of nitrogens with one attached hydrogen (secondary N) is 1. The highest BCUT2D eigenvalue weighted by Crippen LogP contribution is 1.89. The normalized spacial score (nSPS) is 8.09. The van der Waals surface area contributed by atoms with E-state index in [1.807, 2.05) is 0 Å². The molecule has 4 nitrogen and oxygen atoms in total. The molecule has 0 aromatic rings. The quantitative estimate of drug-likeness (QED) is 0.558. The van der Waals surface area contributed by atoms with E-state index in [0.717, 1.165) is 0 Å². The van der Waals surface area contributed by atoms with E-state index in [1.54, 1.807) is 13.1 Å². The number of hydrogen-bond donors (Lipinski definition) is 1. The van der Waals surface area contributed by atoms with E-state index in [4.69, 9.17) is 17.5 Å². The molecule has 0 saturated carbocycles. The monoisotopic (exact) mass is 171 g/mol. The van der Waals surface area contributed by atoms with Crippen LogP contribution in [0.5, 0.6) is 0 Å². The second-order valence-electron chi connectivity index (χ2n) is 1.84. The number of carbonyl (C=O) groups is 1. The van der Waals surface area contributed by atoms with Crippen LogP contribution >= 0.6 is 12.2 Å². The lowest BCUT2D eigenvalue weighted by atomic mass is 10.4. The zero-order valence-electron chi connectivity index (χ0n) is 6.42. The number of hydrogen-bond acceptors (Lipinski definition) is 3. The van der Waals surface area contributed by atoms with Crippen LogP contribution in [0.25, 0.3) is 0 Å². The summed E-state index contributed by atoms with van der Waals surface area (Å²) >= 11 is 4.75. The zero-order valence-corrected chi connectivity index (χ0v) is 7.23. The molecule has 0 unspecified atom stereocenters. The number of nitrogens with zero attached hydrogens (tertiary/aromatic N) is 2. The van der Waals surface area contributed by atoms with E-state index >= 15 is 0 Å². The lowest BCUT2D eigenvalue weighted by Gasteiger charge is -2.15. The molecule has 0 atom stereocenters. The number of thiocarbonyl (C=S) groups is 1. The van der Waals surface area contributed by atoms with Crippen LogP contribution in [-0.4, -0.2) is 30.0 Å². The molecule has 11 heavy (non-hydrogen) atoms. The number of amides is 1. The van der Waals surface area contributed by atoms with Crippen molar-refractivity contribution in [2.24, 2.45) is 0 Å². The highest BCUT2D eigenvalue weighted by atomic mass is 32.1. The molecule has 0 aliphatic rings. The third-order valence-corrected chi connectivity index (χ3v) is 1.60. The average Bonchev–Trinajstić information content (AvgIpc) is 2.02. The molecule has 0 rings (SSSR count). The largest absolute Gasteiger partial charge is 0.365 e. The molecule has 0 aromatic carbocycles. The van der Waals surface area contributed by atoms with Crippen molar-refractivity contribution in [1.29, 1.82) is 5.26 Å². The second kappa shape index (κ2) is 4.63. The van der Waals surface area contributed by atoms with Gasteiger partial charge in [0, 0.05) is 14.1 Å². The molecule has 1 N–H and O–H groups in total. The molecule has 0 bridgehead atoms. The molecular weight excluding hydrogens is 162 g/mol. The summed E-state index contributed by atoms with van der Waals surface area (Å²) < 4.78 is 0. The van der Waals surface area contributed by atoms with Crippen molar-refractivity contribution in [3.63, 3.8) is 0 Å². The van der Waals surface area contributed by atoms with Crippen LogP contribution in [0, 0.1) is 11.3 Å². The lowest BCUT2D eigenvalue weighted by Crippen LogP contribution is -2.38.